The molecule has 0 aromatic heterocycles. The average Bonchev–Trinajstić information content (AvgIpc) is 2.49. The molecule has 3 heteroatoms. The van der Waals surface area contributed by atoms with E-state index in [0.717, 1.165) is 17.7 Å². The lowest BCUT2D eigenvalue weighted by atomic mass is 10.0. The fourth-order valence-corrected chi connectivity index (χ4v) is 2.66. The van der Waals surface area contributed by atoms with Crippen molar-refractivity contribution in [3.63, 3.8) is 0 Å². The molecule has 0 bridgehead atoms. The summed E-state index contributed by atoms with van der Waals surface area (Å²) >= 11 is 0. The Labute approximate surface area is 121 Å². The predicted octanol–water partition coefficient (Wildman–Crippen LogP) is 3.12. The first-order chi connectivity index (χ1) is 9.70. The first kappa shape index (κ1) is 14.8. The molecule has 1 aliphatic rings. The Balaban J connectivity index is 2.15. The smallest absolute Gasteiger partial charge is 0.335 e. The van der Waals surface area contributed by atoms with Crippen LogP contribution < -0.4 is 0 Å². The second-order valence-corrected chi connectivity index (χ2v) is 5.39. The van der Waals surface area contributed by atoms with Crippen molar-refractivity contribution in [2.75, 3.05) is 20.2 Å². The zero-order valence-corrected chi connectivity index (χ0v) is 12.3. The molecule has 1 fully saturated rings. The zero-order chi connectivity index (χ0) is 14.4. The van der Waals surface area contributed by atoms with Gasteiger partial charge in [0, 0.05) is 12.6 Å². The van der Waals surface area contributed by atoms with Crippen LogP contribution in [0.1, 0.15) is 31.7 Å². The van der Waals surface area contributed by atoms with Gasteiger partial charge in [-0.3, -0.25) is 4.90 Å². The summed E-state index contributed by atoms with van der Waals surface area (Å²) < 4.78 is 4.93. The molecule has 0 saturated carbocycles. The van der Waals surface area contributed by atoms with Crippen LogP contribution in [0.3, 0.4) is 0 Å². The molecular weight excluding hydrogens is 250 g/mol. The van der Waals surface area contributed by atoms with Crippen LogP contribution in [0.2, 0.25) is 0 Å². The van der Waals surface area contributed by atoms with Gasteiger partial charge < -0.3 is 4.74 Å². The molecule has 0 radical (unpaired) electrons. The van der Waals surface area contributed by atoms with Crippen LogP contribution in [-0.4, -0.2) is 37.1 Å². The number of piperidine rings is 1. The minimum absolute atomic E-state index is 0.230. The van der Waals surface area contributed by atoms with Gasteiger partial charge in [0.15, 0.2) is 0 Å². The lowest BCUT2D eigenvalue weighted by Gasteiger charge is -2.33. The van der Waals surface area contributed by atoms with Crippen molar-refractivity contribution in [1.29, 1.82) is 0 Å². The molecule has 0 amide bonds. The summed E-state index contributed by atoms with van der Waals surface area (Å²) in [5.41, 5.74) is 1.77. The SMILES string of the molecule is COC(=O)/C(=C/c1ccccc1)CN1CCCC[C@H]1C. The number of likely N-dealkylation sites (tertiary alicyclic amines) is 1. The maximum absolute atomic E-state index is 12.0. The molecule has 0 N–H and O–H groups in total. The highest BCUT2D eigenvalue weighted by Crippen LogP contribution is 2.19. The first-order valence-electron chi connectivity index (χ1n) is 7.28. The van der Waals surface area contributed by atoms with Crippen molar-refractivity contribution in [3.05, 3.63) is 41.5 Å². The number of hydrogen-bond donors (Lipinski definition) is 0. The summed E-state index contributed by atoms with van der Waals surface area (Å²) in [7, 11) is 1.45. The van der Waals surface area contributed by atoms with E-state index in [2.05, 4.69) is 11.8 Å². The van der Waals surface area contributed by atoms with Crippen molar-refractivity contribution in [3.8, 4) is 0 Å². The van der Waals surface area contributed by atoms with E-state index in [-0.39, 0.29) is 5.97 Å². The Morgan fingerprint density at radius 2 is 2.10 bits per heavy atom. The summed E-state index contributed by atoms with van der Waals surface area (Å²) in [6.45, 7) is 3.96. The molecular formula is C17H23NO2. The van der Waals surface area contributed by atoms with Gasteiger partial charge in [0.1, 0.15) is 0 Å². The second kappa shape index (κ2) is 7.25. The van der Waals surface area contributed by atoms with Gasteiger partial charge in [-0.1, -0.05) is 36.8 Å². The van der Waals surface area contributed by atoms with Crippen LogP contribution in [0.4, 0.5) is 0 Å². The van der Waals surface area contributed by atoms with Gasteiger partial charge in [0.05, 0.1) is 12.7 Å². The quantitative estimate of drug-likeness (QED) is 0.623. The first-order valence-corrected chi connectivity index (χ1v) is 7.28. The van der Waals surface area contributed by atoms with E-state index in [9.17, 15) is 4.79 Å². The normalized spacial score (nSPS) is 20.7. The lowest BCUT2D eigenvalue weighted by molar-refractivity contribution is -0.136. The average molecular weight is 273 g/mol. The van der Waals surface area contributed by atoms with Crippen LogP contribution in [0.5, 0.6) is 0 Å². The van der Waals surface area contributed by atoms with E-state index < -0.39 is 0 Å². The van der Waals surface area contributed by atoms with Gasteiger partial charge in [0.2, 0.25) is 0 Å². The van der Waals surface area contributed by atoms with E-state index in [1.54, 1.807) is 0 Å². The molecule has 20 heavy (non-hydrogen) atoms. The van der Waals surface area contributed by atoms with Crippen LogP contribution >= 0.6 is 0 Å². The maximum atomic E-state index is 12.0. The zero-order valence-electron chi connectivity index (χ0n) is 12.3. The summed E-state index contributed by atoms with van der Waals surface area (Å²) in [5.74, 6) is -0.230. The minimum Gasteiger partial charge on any atom is -0.466 e. The number of carbonyl (C=O) groups excluding carboxylic acids is 1. The summed E-state index contributed by atoms with van der Waals surface area (Å²) in [6.07, 6.45) is 5.64. The second-order valence-electron chi connectivity index (χ2n) is 5.39. The Morgan fingerprint density at radius 3 is 2.75 bits per heavy atom. The molecule has 1 heterocycles. The fraction of sp³-hybridized carbons (Fsp3) is 0.471. The van der Waals surface area contributed by atoms with Gasteiger partial charge in [-0.05, 0) is 37.9 Å². The number of benzene rings is 1. The van der Waals surface area contributed by atoms with Crippen molar-refractivity contribution >= 4 is 12.0 Å². The highest BCUT2D eigenvalue weighted by molar-refractivity contribution is 5.94. The maximum Gasteiger partial charge on any atom is 0.335 e. The summed E-state index contributed by atoms with van der Waals surface area (Å²) in [5, 5.41) is 0. The Morgan fingerprint density at radius 1 is 1.35 bits per heavy atom. The lowest BCUT2D eigenvalue weighted by Crippen LogP contribution is -2.39. The number of carbonyl (C=O) groups is 1. The van der Waals surface area contributed by atoms with Crippen molar-refractivity contribution in [1.82, 2.24) is 4.90 Å². The molecule has 108 valence electrons. The number of methoxy groups -OCH3 is 1. The third-order valence-corrected chi connectivity index (χ3v) is 3.90. The topological polar surface area (TPSA) is 29.5 Å². The highest BCUT2D eigenvalue weighted by Gasteiger charge is 2.21. The number of ether oxygens (including phenoxy) is 1. The summed E-state index contributed by atoms with van der Waals surface area (Å²) in [6, 6.07) is 10.5. The van der Waals surface area contributed by atoms with Gasteiger partial charge in [-0.25, -0.2) is 4.79 Å². The largest absolute Gasteiger partial charge is 0.466 e. The van der Waals surface area contributed by atoms with E-state index >= 15 is 0 Å². The highest BCUT2D eigenvalue weighted by atomic mass is 16.5. The van der Waals surface area contributed by atoms with E-state index in [1.807, 2.05) is 36.4 Å². The predicted molar refractivity (Wildman–Crippen MR) is 81.3 cm³/mol. The molecule has 2 rings (SSSR count). The molecule has 1 aromatic rings. The van der Waals surface area contributed by atoms with E-state index in [1.165, 1.54) is 26.4 Å². The van der Waals surface area contributed by atoms with Crippen LogP contribution in [0.25, 0.3) is 6.08 Å². The number of hydrogen-bond acceptors (Lipinski definition) is 3. The molecule has 3 nitrogen and oxygen atoms in total. The van der Waals surface area contributed by atoms with Crippen LogP contribution in [0, 0.1) is 0 Å². The molecule has 1 aromatic carbocycles. The molecule has 1 saturated heterocycles. The van der Waals surface area contributed by atoms with Crippen LogP contribution in [0.15, 0.2) is 35.9 Å². The van der Waals surface area contributed by atoms with Gasteiger partial charge in [-0.15, -0.1) is 0 Å². The third-order valence-electron chi connectivity index (χ3n) is 3.90. The molecule has 0 aliphatic carbocycles. The fourth-order valence-electron chi connectivity index (χ4n) is 2.66. The number of rotatable bonds is 4. The van der Waals surface area contributed by atoms with Crippen LogP contribution in [-0.2, 0) is 9.53 Å². The van der Waals surface area contributed by atoms with Crippen molar-refractivity contribution in [2.24, 2.45) is 0 Å². The standard InChI is InChI=1S/C17H23NO2/c1-14-8-6-7-11-18(14)13-16(17(19)20-2)12-15-9-4-3-5-10-15/h3-5,9-10,12,14H,6-8,11,13H2,1-2H3/b16-12+/t14-/m1/s1. The van der Waals surface area contributed by atoms with Gasteiger partial charge in [-0.2, -0.15) is 0 Å². The van der Waals surface area contributed by atoms with Crippen molar-refractivity contribution in [2.45, 2.75) is 32.2 Å². The summed E-state index contributed by atoms with van der Waals surface area (Å²) in [4.78, 5) is 14.3. The van der Waals surface area contributed by atoms with Crippen molar-refractivity contribution < 1.29 is 9.53 Å². The Bertz CT molecular complexity index is 467. The van der Waals surface area contributed by atoms with E-state index in [0.29, 0.717) is 12.6 Å². The molecule has 0 unspecified atom stereocenters. The Hall–Kier alpha value is -1.61. The third kappa shape index (κ3) is 3.94. The van der Waals surface area contributed by atoms with Gasteiger partial charge in [0.25, 0.3) is 0 Å². The molecule has 0 spiro atoms. The number of nitrogens with zero attached hydrogens (tertiary/aromatic N) is 1. The monoisotopic (exact) mass is 273 g/mol. The molecule has 1 aliphatic heterocycles. The number of esters is 1. The Kier molecular flexibility index (Phi) is 5.36. The van der Waals surface area contributed by atoms with Gasteiger partial charge >= 0.3 is 5.97 Å². The van der Waals surface area contributed by atoms with E-state index in [4.69, 9.17) is 4.74 Å². The minimum atomic E-state index is -0.230. The molecule has 1 atom stereocenters.